The van der Waals surface area contributed by atoms with Crippen LogP contribution in [0.4, 0.5) is 11.4 Å². The smallest absolute Gasteiger partial charge is 0.251 e. The first kappa shape index (κ1) is 19.3. The van der Waals surface area contributed by atoms with Gasteiger partial charge < -0.3 is 16.0 Å². The molecular formula is C21H25N3O2S. The van der Waals surface area contributed by atoms with Crippen molar-refractivity contribution in [3.8, 4) is 0 Å². The summed E-state index contributed by atoms with van der Waals surface area (Å²) in [6, 6.07) is 13.4. The third-order valence-electron chi connectivity index (χ3n) is 4.52. The minimum atomic E-state index is -0.286. The summed E-state index contributed by atoms with van der Waals surface area (Å²) in [4.78, 5) is 24.5. The number of benzene rings is 2. The summed E-state index contributed by atoms with van der Waals surface area (Å²) in [6.45, 7) is 4.75. The van der Waals surface area contributed by atoms with Gasteiger partial charge in [0, 0.05) is 23.6 Å². The molecule has 2 aromatic carbocycles. The zero-order valence-electron chi connectivity index (χ0n) is 15.7. The quantitative estimate of drug-likeness (QED) is 0.680. The van der Waals surface area contributed by atoms with Gasteiger partial charge in [-0.15, -0.1) is 0 Å². The van der Waals surface area contributed by atoms with Crippen molar-refractivity contribution in [3.05, 3.63) is 59.2 Å². The second-order valence-electron chi connectivity index (χ2n) is 6.64. The second-order valence-corrected chi connectivity index (χ2v) is 7.67. The molecule has 1 aliphatic heterocycles. The highest BCUT2D eigenvalue weighted by molar-refractivity contribution is 7.98. The van der Waals surface area contributed by atoms with E-state index in [-0.39, 0.29) is 17.9 Å². The lowest BCUT2D eigenvalue weighted by Gasteiger charge is -2.27. The molecule has 0 fully saturated rings. The number of rotatable bonds is 7. The van der Waals surface area contributed by atoms with Gasteiger partial charge in [0.15, 0.2) is 0 Å². The lowest BCUT2D eigenvalue weighted by molar-refractivity contribution is -0.116. The van der Waals surface area contributed by atoms with E-state index in [0.29, 0.717) is 23.5 Å². The Kier molecular flexibility index (Phi) is 6.40. The van der Waals surface area contributed by atoms with E-state index in [2.05, 4.69) is 35.0 Å². The van der Waals surface area contributed by atoms with Crippen molar-refractivity contribution in [1.29, 1.82) is 0 Å². The number of carbonyl (C=O) groups is 2. The maximum atomic E-state index is 12.4. The molecule has 27 heavy (non-hydrogen) atoms. The van der Waals surface area contributed by atoms with E-state index in [1.807, 2.05) is 25.1 Å². The topological polar surface area (TPSA) is 70.2 Å². The summed E-state index contributed by atoms with van der Waals surface area (Å²) in [7, 11) is 0. The average molecular weight is 384 g/mol. The first-order chi connectivity index (χ1) is 13.1. The van der Waals surface area contributed by atoms with Gasteiger partial charge in [-0.05, 0) is 42.7 Å². The van der Waals surface area contributed by atoms with Crippen LogP contribution in [0.1, 0.15) is 34.8 Å². The van der Waals surface area contributed by atoms with Crippen LogP contribution in [0.5, 0.6) is 0 Å². The first-order valence-corrected chi connectivity index (χ1v) is 10.4. The molecule has 2 amide bonds. The molecule has 0 aromatic heterocycles. The Hall–Kier alpha value is -2.47. The zero-order valence-corrected chi connectivity index (χ0v) is 16.5. The van der Waals surface area contributed by atoms with E-state index >= 15 is 0 Å². The lowest BCUT2D eigenvalue weighted by atomic mass is 10.1. The van der Waals surface area contributed by atoms with E-state index in [1.54, 1.807) is 23.9 Å². The molecule has 0 saturated heterocycles. The Morgan fingerprint density at radius 3 is 2.78 bits per heavy atom. The molecule has 1 unspecified atom stereocenters. The summed E-state index contributed by atoms with van der Waals surface area (Å²) in [5.74, 6) is 1.37. The number of hydrogen-bond acceptors (Lipinski definition) is 4. The predicted octanol–water partition coefficient (Wildman–Crippen LogP) is 3.80. The molecule has 0 radical (unpaired) electrons. The van der Waals surface area contributed by atoms with Crippen LogP contribution in [-0.4, -0.2) is 30.2 Å². The molecule has 1 atom stereocenters. The number of thioether (sulfide) groups is 1. The van der Waals surface area contributed by atoms with Crippen molar-refractivity contribution >= 4 is 35.0 Å². The van der Waals surface area contributed by atoms with Crippen LogP contribution in [0.15, 0.2) is 42.5 Å². The Morgan fingerprint density at radius 1 is 1.19 bits per heavy atom. The van der Waals surface area contributed by atoms with Crippen LogP contribution in [0.3, 0.4) is 0 Å². The molecule has 142 valence electrons. The van der Waals surface area contributed by atoms with E-state index in [1.165, 1.54) is 11.1 Å². The molecule has 1 aliphatic rings. The number of fused-ring (bicyclic) bond motifs is 1. The highest BCUT2D eigenvalue weighted by Crippen LogP contribution is 2.29. The van der Waals surface area contributed by atoms with Crippen molar-refractivity contribution in [1.82, 2.24) is 5.32 Å². The molecule has 5 nitrogen and oxygen atoms in total. The molecular weight excluding hydrogens is 358 g/mol. The van der Waals surface area contributed by atoms with Gasteiger partial charge in [-0.1, -0.05) is 31.2 Å². The molecule has 3 rings (SSSR count). The van der Waals surface area contributed by atoms with Crippen molar-refractivity contribution in [2.45, 2.75) is 32.1 Å². The Labute approximate surface area is 164 Å². The van der Waals surface area contributed by atoms with Gasteiger partial charge >= 0.3 is 0 Å². The predicted molar refractivity (Wildman–Crippen MR) is 112 cm³/mol. The second kappa shape index (κ2) is 8.95. The van der Waals surface area contributed by atoms with Gasteiger partial charge in [0.25, 0.3) is 5.91 Å². The van der Waals surface area contributed by atoms with Crippen molar-refractivity contribution < 1.29 is 9.59 Å². The van der Waals surface area contributed by atoms with Crippen LogP contribution >= 0.6 is 11.8 Å². The minimum Gasteiger partial charge on any atom is -0.371 e. The standard InChI is InChI=1S/C21H25N3O2S/c1-3-10-22-20(25)15-8-9-17-18(11-15)24-21(26)19(23-17)13-27-12-16-7-5-4-6-14(16)2/h4-9,11,19,23H,3,10,12-13H2,1-2H3,(H,22,25)(H,24,26). The highest BCUT2D eigenvalue weighted by atomic mass is 32.2. The largest absolute Gasteiger partial charge is 0.371 e. The lowest BCUT2D eigenvalue weighted by Crippen LogP contribution is -2.40. The van der Waals surface area contributed by atoms with Gasteiger partial charge in [-0.2, -0.15) is 11.8 Å². The fourth-order valence-corrected chi connectivity index (χ4v) is 4.04. The van der Waals surface area contributed by atoms with E-state index in [9.17, 15) is 9.59 Å². The number of anilines is 2. The van der Waals surface area contributed by atoms with Crippen LogP contribution in [0, 0.1) is 6.92 Å². The normalized spacial score (nSPS) is 15.5. The van der Waals surface area contributed by atoms with Crippen molar-refractivity contribution in [3.63, 3.8) is 0 Å². The van der Waals surface area contributed by atoms with Gasteiger partial charge in [0.05, 0.1) is 11.4 Å². The number of amides is 2. The summed E-state index contributed by atoms with van der Waals surface area (Å²) in [6.07, 6.45) is 0.886. The average Bonchev–Trinajstić information content (AvgIpc) is 2.67. The number of hydrogen-bond donors (Lipinski definition) is 3. The number of aryl methyl sites for hydroxylation is 1. The van der Waals surface area contributed by atoms with Crippen molar-refractivity contribution in [2.24, 2.45) is 0 Å². The van der Waals surface area contributed by atoms with E-state index < -0.39 is 0 Å². The summed E-state index contributed by atoms with van der Waals surface area (Å²) < 4.78 is 0. The van der Waals surface area contributed by atoms with Gasteiger partial charge in [-0.25, -0.2) is 0 Å². The molecule has 0 spiro atoms. The molecule has 0 bridgehead atoms. The summed E-state index contributed by atoms with van der Waals surface area (Å²) in [5.41, 5.74) is 4.62. The summed E-state index contributed by atoms with van der Waals surface area (Å²) in [5, 5.41) is 9.07. The van der Waals surface area contributed by atoms with Gasteiger partial charge in [0.1, 0.15) is 6.04 Å². The number of nitrogens with one attached hydrogen (secondary N) is 3. The van der Waals surface area contributed by atoms with E-state index in [4.69, 9.17) is 0 Å². The van der Waals surface area contributed by atoms with Crippen LogP contribution in [-0.2, 0) is 10.5 Å². The Balaban J connectivity index is 1.60. The SMILES string of the molecule is CCCNC(=O)c1ccc2c(c1)NC(=O)C(CSCc1ccccc1C)N2. The zero-order chi connectivity index (χ0) is 19.2. The molecule has 2 aromatic rings. The van der Waals surface area contributed by atoms with Crippen LogP contribution < -0.4 is 16.0 Å². The fourth-order valence-electron chi connectivity index (χ4n) is 2.90. The highest BCUT2D eigenvalue weighted by Gasteiger charge is 2.26. The first-order valence-electron chi connectivity index (χ1n) is 9.20. The maximum absolute atomic E-state index is 12.4. The fraction of sp³-hybridized carbons (Fsp3) is 0.333. The van der Waals surface area contributed by atoms with E-state index in [0.717, 1.165) is 17.9 Å². The third kappa shape index (κ3) is 4.83. The maximum Gasteiger partial charge on any atom is 0.251 e. The van der Waals surface area contributed by atoms with Gasteiger partial charge in [0.2, 0.25) is 5.91 Å². The minimum absolute atomic E-state index is 0.0640. The monoisotopic (exact) mass is 383 g/mol. The molecule has 6 heteroatoms. The number of carbonyl (C=O) groups excluding carboxylic acids is 2. The third-order valence-corrected chi connectivity index (χ3v) is 5.61. The Morgan fingerprint density at radius 2 is 2.00 bits per heavy atom. The van der Waals surface area contributed by atoms with Gasteiger partial charge in [-0.3, -0.25) is 9.59 Å². The molecule has 3 N–H and O–H groups in total. The van der Waals surface area contributed by atoms with Crippen molar-refractivity contribution in [2.75, 3.05) is 22.9 Å². The van der Waals surface area contributed by atoms with Crippen LogP contribution in [0.25, 0.3) is 0 Å². The molecule has 0 saturated carbocycles. The summed E-state index contributed by atoms with van der Waals surface area (Å²) >= 11 is 1.74. The van der Waals surface area contributed by atoms with Crippen LogP contribution in [0.2, 0.25) is 0 Å². The molecule has 1 heterocycles. The molecule has 0 aliphatic carbocycles. The Bertz CT molecular complexity index is 838.